The molecule has 5 N–H and O–H groups in total. The Morgan fingerprint density at radius 1 is 1.59 bits per heavy atom. The number of halogens is 1. The average molecular weight is 242 g/mol. The molecule has 1 aromatic carbocycles. The highest BCUT2D eigenvalue weighted by Gasteiger charge is 2.21. The second-order valence-electron chi connectivity index (χ2n) is 4.08. The molecule has 1 rings (SSSR count). The number of rotatable bonds is 4. The lowest BCUT2D eigenvalue weighted by Crippen LogP contribution is -2.43. The van der Waals surface area contributed by atoms with Crippen molar-refractivity contribution in [3.05, 3.63) is 29.6 Å². The largest absolute Gasteiger partial charge is 0.399 e. The number of carbonyl (C=O) groups is 1. The summed E-state index contributed by atoms with van der Waals surface area (Å²) in [5, 5.41) is 20.6. The Morgan fingerprint density at radius 2 is 2.24 bits per heavy atom. The van der Waals surface area contributed by atoms with Crippen LogP contribution >= 0.6 is 0 Å². The maximum atomic E-state index is 13.3. The first-order chi connectivity index (χ1) is 7.85. The molecule has 0 radical (unpaired) electrons. The number of hydrogen-bond acceptors (Lipinski definition) is 4. The van der Waals surface area contributed by atoms with Crippen LogP contribution in [0.25, 0.3) is 0 Å². The fourth-order valence-electron chi connectivity index (χ4n) is 1.14. The van der Waals surface area contributed by atoms with Crippen LogP contribution in [-0.4, -0.2) is 34.9 Å². The second-order valence-corrected chi connectivity index (χ2v) is 4.08. The maximum Gasteiger partial charge on any atom is 0.254 e. The van der Waals surface area contributed by atoms with Crippen LogP contribution in [0.2, 0.25) is 0 Å². The molecule has 0 aliphatic heterocycles. The van der Waals surface area contributed by atoms with Crippen LogP contribution in [0.5, 0.6) is 0 Å². The van der Waals surface area contributed by atoms with E-state index in [2.05, 4.69) is 5.32 Å². The fourth-order valence-corrected chi connectivity index (χ4v) is 1.14. The number of aliphatic hydroxyl groups is 2. The number of nitrogens with two attached hydrogens (primary N) is 1. The van der Waals surface area contributed by atoms with Crippen molar-refractivity contribution < 1.29 is 19.4 Å². The van der Waals surface area contributed by atoms with Crippen LogP contribution in [0.15, 0.2) is 18.2 Å². The molecule has 1 amide bonds. The molecule has 1 unspecified atom stereocenters. The van der Waals surface area contributed by atoms with E-state index in [1.807, 2.05) is 0 Å². The van der Waals surface area contributed by atoms with Gasteiger partial charge in [0.1, 0.15) is 11.4 Å². The highest BCUT2D eigenvalue weighted by atomic mass is 19.1. The number of hydrogen-bond donors (Lipinski definition) is 4. The Labute approximate surface area is 98.1 Å². The number of amides is 1. The van der Waals surface area contributed by atoms with Crippen molar-refractivity contribution in [1.29, 1.82) is 0 Å². The van der Waals surface area contributed by atoms with Gasteiger partial charge in [0, 0.05) is 12.2 Å². The molecule has 0 fully saturated rings. The van der Waals surface area contributed by atoms with Gasteiger partial charge >= 0.3 is 0 Å². The first-order valence-electron chi connectivity index (χ1n) is 5.02. The smallest absolute Gasteiger partial charge is 0.254 e. The molecule has 0 saturated heterocycles. The summed E-state index contributed by atoms with van der Waals surface area (Å²) in [6.45, 7) is 0.659. The first kappa shape index (κ1) is 13.4. The summed E-state index contributed by atoms with van der Waals surface area (Å²) in [4.78, 5) is 11.6. The molecule has 5 nitrogen and oxygen atoms in total. The van der Waals surface area contributed by atoms with Crippen LogP contribution in [0.3, 0.4) is 0 Å². The zero-order valence-electron chi connectivity index (χ0n) is 9.40. The van der Waals surface area contributed by atoms with Gasteiger partial charge in [-0.1, -0.05) is 0 Å². The van der Waals surface area contributed by atoms with Crippen molar-refractivity contribution in [2.45, 2.75) is 12.5 Å². The Hall–Kier alpha value is -1.66. The van der Waals surface area contributed by atoms with Gasteiger partial charge in [-0.3, -0.25) is 4.79 Å². The summed E-state index contributed by atoms with van der Waals surface area (Å²) in [7, 11) is 0. The molecule has 0 aliphatic rings. The molecule has 0 aromatic heterocycles. The van der Waals surface area contributed by atoms with Gasteiger partial charge in [0.05, 0.1) is 12.2 Å². The van der Waals surface area contributed by atoms with E-state index >= 15 is 0 Å². The van der Waals surface area contributed by atoms with Gasteiger partial charge in [-0.05, 0) is 25.1 Å². The molecule has 1 aromatic rings. The average Bonchev–Trinajstić information content (AvgIpc) is 2.29. The van der Waals surface area contributed by atoms with Crippen LogP contribution in [-0.2, 0) is 0 Å². The Bertz CT molecular complexity index is 421. The van der Waals surface area contributed by atoms with Crippen LogP contribution in [0.4, 0.5) is 10.1 Å². The third-order valence-corrected chi connectivity index (χ3v) is 2.21. The highest BCUT2D eigenvalue weighted by Crippen LogP contribution is 2.12. The molecule has 0 heterocycles. The van der Waals surface area contributed by atoms with E-state index in [9.17, 15) is 14.3 Å². The predicted octanol–water partition coefficient (Wildman–Crippen LogP) is -0.119. The van der Waals surface area contributed by atoms with Gasteiger partial charge in [-0.15, -0.1) is 0 Å². The lowest BCUT2D eigenvalue weighted by atomic mass is 10.1. The number of benzene rings is 1. The zero-order valence-corrected chi connectivity index (χ0v) is 9.40. The van der Waals surface area contributed by atoms with E-state index in [-0.39, 0.29) is 17.8 Å². The lowest BCUT2D eigenvalue weighted by molar-refractivity contribution is 0.00317. The molecular weight excluding hydrogens is 227 g/mol. The molecule has 6 heteroatoms. The van der Waals surface area contributed by atoms with Gasteiger partial charge in [0.15, 0.2) is 0 Å². The van der Waals surface area contributed by atoms with E-state index < -0.39 is 23.9 Å². The molecule has 94 valence electrons. The summed E-state index contributed by atoms with van der Waals surface area (Å²) in [6.07, 6.45) is 0. The second kappa shape index (κ2) is 5.11. The lowest BCUT2D eigenvalue weighted by Gasteiger charge is -2.20. The van der Waals surface area contributed by atoms with Crippen molar-refractivity contribution in [2.24, 2.45) is 0 Å². The standard InChI is InChI=1S/C11H15FN2O3/c1-11(17,6-15)5-14-10(16)8-4-7(13)2-3-9(8)12/h2-4,15,17H,5-6,13H2,1H3,(H,14,16). The Morgan fingerprint density at radius 3 is 2.82 bits per heavy atom. The Kier molecular flexibility index (Phi) is 4.03. The van der Waals surface area contributed by atoms with Crippen molar-refractivity contribution in [2.75, 3.05) is 18.9 Å². The molecule has 0 saturated carbocycles. The van der Waals surface area contributed by atoms with Crippen molar-refractivity contribution in [3.63, 3.8) is 0 Å². The first-order valence-corrected chi connectivity index (χ1v) is 5.02. The van der Waals surface area contributed by atoms with E-state index in [1.54, 1.807) is 0 Å². The minimum atomic E-state index is -1.44. The summed E-state index contributed by atoms with van der Waals surface area (Å²) in [6, 6.07) is 3.64. The minimum Gasteiger partial charge on any atom is -0.399 e. The quantitative estimate of drug-likeness (QED) is 0.553. The topological polar surface area (TPSA) is 95.6 Å². The highest BCUT2D eigenvalue weighted by molar-refractivity contribution is 5.95. The molecule has 17 heavy (non-hydrogen) atoms. The minimum absolute atomic E-state index is 0.184. The van der Waals surface area contributed by atoms with Gasteiger partial charge in [-0.25, -0.2) is 4.39 Å². The third-order valence-electron chi connectivity index (χ3n) is 2.21. The number of nitrogens with one attached hydrogen (secondary N) is 1. The predicted molar refractivity (Wildman–Crippen MR) is 60.9 cm³/mol. The van der Waals surface area contributed by atoms with Crippen LogP contribution in [0.1, 0.15) is 17.3 Å². The maximum absolute atomic E-state index is 13.3. The van der Waals surface area contributed by atoms with Crippen molar-refractivity contribution >= 4 is 11.6 Å². The summed E-state index contributed by atoms with van der Waals surface area (Å²) >= 11 is 0. The monoisotopic (exact) mass is 242 g/mol. The molecule has 0 aliphatic carbocycles. The van der Waals surface area contributed by atoms with Gasteiger partial charge < -0.3 is 21.3 Å². The SMILES string of the molecule is CC(O)(CO)CNC(=O)c1cc(N)ccc1F. The number of nitrogen functional groups attached to an aromatic ring is 1. The van der Waals surface area contributed by atoms with Gasteiger partial charge in [0.25, 0.3) is 5.91 Å². The van der Waals surface area contributed by atoms with E-state index in [0.29, 0.717) is 0 Å². The zero-order chi connectivity index (χ0) is 13.1. The number of anilines is 1. The van der Waals surface area contributed by atoms with E-state index in [1.165, 1.54) is 19.1 Å². The van der Waals surface area contributed by atoms with Crippen LogP contribution in [0, 0.1) is 5.82 Å². The molecular formula is C11H15FN2O3. The van der Waals surface area contributed by atoms with Crippen molar-refractivity contribution in [3.8, 4) is 0 Å². The molecule has 0 bridgehead atoms. The number of carbonyl (C=O) groups excluding carboxylic acids is 1. The normalized spacial score (nSPS) is 14.1. The number of aliphatic hydroxyl groups excluding tert-OH is 1. The fraction of sp³-hybridized carbons (Fsp3) is 0.364. The summed E-state index contributed by atoms with van der Waals surface area (Å²) < 4.78 is 13.3. The molecule has 1 atom stereocenters. The van der Waals surface area contributed by atoms with Crippen molar-refractivity contribution in [1.82, 2.24) is 5.32 Å². The summed E-state index contributed by atoms with van der Waals surface area (Å²) in [5.74, 6) is -1.39. The Balaban J connectivity index is 2.74. The van der Waals surface area contributed by atoms with Crippen LogP contribution < -0.4 is 11.1 Å². The summed E-state index contributed by atoms with van der Waals surface area (Å²) in [5.41, 5.74) is 4.07. The van der Waals surface area contributed by atoms with Gasteiger partial charge in [0.2, 0.25) is 0 Å². The van der Waals surface area contributed by atoms with Gasteiger partial charge in [-0.2, -0.15) is 0 Å². The van der Waals surface area contributed by atoms with E-state index in [0.717, 1.165) is 6.07 Å². The van der Waals surface area contributed by atoms with E-state index in [4.69, 9.17) is 10.8 Å². The third kappa shape index (κ3) is 3.69. The molecule has 0 spiro atoms.